The zero-order valence-corrected chi connectivity index (χ0v) is 21.3. The fraction of sp³-hybridized carbons (Fsp3) is 0.185. The standard InChI is InChI=1S/C27H27N9O3/c1-3-22(37)30-18-5-4-6-20(15-18)36-24-21(26(39)32-25(36)23(28)38)16-29-27(33-24)31-17-7-9-19(10-8-17)35-13-11-34(2)12-14-35/h3-10,15-16H,1,11-14H2,2H3,(H2,28,38)(H,30,37)(H,29,31,33). The van der Waals surface area contributed by atoms with Gasteiger partial charge in [-0.15, -0.1) is 0 Å². The molecule has 2 aromatic carbocycles. The fourth-order valence-electron chi connectivity index (χ4n) is 4.34. The largest absolute Gasteiger partial charge is 0.369 e. The van der Waals surface area contributed by atoms with Crippen molar-refractivity contribution in [3.63, 3.8) is 0 Å². The molecule has 0 spiro atoms. The number of primary amides is 1. The molecule has 1 aliphatic heterocycles. The second-order valence-corrected chi connectivity index (χ2v) is 9.08. The van der Waals surface area contributed by atoms with E-state index in [4.69, 9.17) is 5.73 Å². The highest BCUT2D eigenvalue weighted by atomic mass is 16.2. The van der Waals surface area contributed by atoms with E-state index < -0.39 is 17.4 Å². The molecule has 1 aliphatic rings. The lowest BCUT2D eigenvalue weighted by Crippen LogP contribution is -2.44. The van der Waals surface area contributed by atoms with Crippen LogP contribution in [-0.2, 0) is 4.79 Å². The number of anilines is 4. The summed E-state index contributed by atoms with van der Waals surface area (Å²) >= 11 is 0. The van der Waals surface area contributed by atoms with E-state index in [9.17, 15) is 14.4 Å². The Morgan fingerprint density at radius 3 is 2.44 bits per heavy atom. The number of benzene rings is 2. The van der Waals surface area contributed by atoms with Gasteiger partial charge in [-0.2, -0.15) is 9.97 Å². The van der Waals surface area contributed by atoms with Crippen LogP contribution in [0.3, 0.4) is 0 Å². The summed E-state index contributed by atoms with van der Waals surface area (Å²) in [7, 11) is 2.12. The van der Waals surface area contributed by atoms with Crippen molar-refractivity contribution >= 4 is 45.9 Å². The molecule has 1 saturated heterocycles. The third-order valence-electron chi connectivity index (χ3n) is 6.40. The maximum atomic E-state index is 12.7. The molecule has 3 heterocycles. The molecule has 0 unspecified atom stereocenters. The molecule has 4 aromatic rings. The maximum Gasteiger partial charge on any atom is 0.285 e. The summed E-state index contributed by atoms with van der Waals surface area (Å²) in [6, 6.07) is 14.5. The van der Waals surface area contributed by atoms with Crippen LogP contribution in [0.15, 0.2) is 72.2 Å². The predicted octanol–water partition coefficient (Wildman–Crippen LogP) is 1.89. The second kappa shape index (κ2) is 10.7. The van der Waals surface area contributed by atoms with Gasteiger partial charge in [-0.25, -0.2) is 4.98 Å². The van der Waals surface area contributed by atoms with Crippen LogP contribution in [0.25, 0.3) is 16.7 Å². The van der Waals surface area contributed by atoms with Crippen molar-refractivity contribution in [3.05, 3.63) is 83.6 Å². The molecule has 0 aliphatic carbocycles. The van der Waals surface area contributed by atoms with E-state index >= 15 is 0 Å². The van der Waals surface area contributed by atoms with Crippen LogP contribution in [0.1, 0.15) is 10.6 Å². The summed E-state index contributed by atoms with van der Waals surface area (Å²) in [5.41, 5.74) is 7.75. The predicted molar refractivity (Wildman–Crippen MR) is 150 cm³/mol. The number of nitrogens with two attached hydrogens (primary N) is 1. The van der Waals surface area contributed by atoms with Gasteiger partial charge >= 0.3 is 0 Å². The van der Waals surface area contributed by atoms with Gasteiger partial charge < -0.3 is 26.2 Å². The zero-order valence-electron chi connectivity index (χ0n) is 21.3. The van der Waals surface area contributed by atoms with Gasteiger partial charge in [0.05, 0.1) is 5.69 Å². The Kier molecular flexibility index (Phi) is 7.02. The third-order valence-corrected chi connectivity index (χ3v) is 6.40. The highest BCUT2D eigenvalue weighted by Crippen LogP contribution is 2.23. The van der Waals surface area contributed by atoms with Gasteiger partial charge in [0.2, 0.25) is 17.7 Å². The summed E-state index contributed by atoms with van der Waals surface area (Å²) in [5, 5.41) is 5.91. The minimum Gasteiger partial charge on any atom is -0.369 e. The molecular formula is C27H27N9O3. The Labute approximate surface area is 223 Å². The van der Waals surface area contributed by atoms with Gasteiger partial charge in [-0.05, 0) is 55.6 Å². The fourth-order valence-corrected chi connectivity index (χ4v) is 4.34. The molecule has 0 saturated carbocycles. The average Bonchev–Trinajstić information content (AvgIpc) is 2.94. The molecule has 2 aromatic heterocycles. The molecule has 0 bridgehead atoms. The van der Waals surface area contributed by atoms with Gasteiger partial charge in [0.1, 0.15) is 5.39 Å². The average molecular weight is 526 g/mol. The first kappa shape index (κ1) is 25.5. The summed E-state index contributed by atoms with van der Waals surface area (Å²) in [4.78, 5) is 54.2. The SMILES string of the molecule is C=CC(=O)Nc1cccc(-n2c(C(N)=O)nc(=O)c3cnc(Nc4ccc(N5CCN(C)CC5)cc4)nc32)c1. The molecule has 0 radical (unpaired) electrons. The van der Waals surface area contributed by atoms with Gasteiger partial charge in [-0.3, -0.25) is 19.0 Å². The Hall–Kier alpha value is -5.10. The first-order chi connectivity index (χ1) is 18.8. The number of nitrogens with zero attached hydrogens (tertiary/aromatic N) is 6. The van der Waals surface area contributed by atoms with E-state index in [1.54, 1.807) is 24.3 Å². The number of fused-ring (bicyclic) bond motifs is 1. The quantitative estimate of drug-likeness (QED) is 0.307. The topological polar surface area (TPSA) is 151 Å². The number of rotatable bonds is 7. The molecule has 198 valence electrons. The monoisotopic (exact) mass is 525 g/mol. The van der Waals surface area contributed by atoms with E-state index in [-0.39, 0.29) is 22.8 Å². The Bertz CT molecular complexity index is 1620. The number of aromatic nitrogens is 4. The van der Waals surface area contributed by atoms with Crippen molar-refractivity contribution in [2.75, 3.05) is 48.8 Å². The molecular weight excluding hydrogens is 498 g/mol. The van der Waals surface area contributed by atoms with E-state index in [0.29, 0.717) is 11.4 Å². The summed E-state index contributed by atoms with van der Waals surface area (Å²) in [5.74, 6) is -1.42. The molecule has 39 heavy (non-hydrogen) atoms. The lowest BCUT2D eigenvalue weighted by Gasteiger charge is -2.34. The number of carbonyl (C=O) groups excluding carboxylic acids is 2. The molecule has 12 heteroatoms. The van der Waals surface area contributed by atoms with Crippen LogP contribution in [0.5, 0.6) is 0 Å². The third kappa shape index (κ3) is 5.45. The van der Waals surface area contributed by atoms with Crippen molar-refractivity contribution in [1.82, 2.24) is 24.4 Å². The van der Waals surface area contributed by atoms with Crippen LogP contribution in [-0.4, -0.2) is 69.5 Å². The van der Waals surface area contributed by atoms with Crippen LogP contribution in [0.4, 0.5) is 23.0 Å². The lowest BCUT2D eigenvalue weighted by molar-refractivity contribution is -0.111. The number of nitrogens with one attached hydrogen (secondary N) is 2. The number of hydrogen-bond donors (Lipinski definition) is 3. The van der Waals surface area contributed by atoms with Crippen molar-refractivity contribution in [2.24, 2.45) is 5.73 Å². The van der Waals surface area contributed by atoms with E-state index in [1.807, 2.05) is 24.3 Å². The second-order valence-electron chi connectivity index (χ2n) is 9.08. The molecule has 2 amide bonds. The highest BCUT2D eigenvalue weighted by molar-refractivity contribution is 5.99. The molecule has 0 atom stereocenters. The number of carbonyl (C=O) groups is 2. The zero-order chi connectivity index (χ0) is 27.5. The Balaban J connectivity index is 1.52. The first-order valence-corrected chi connectivity index (χ1v) is 12.3. The Morgan fingerprint density at radius 2 is 1.74 bits per heavy atom. The number of piperazine rings is 1. The van der Waals surface area contributed by atoms with Crippen molar-refractivity contribution in [3.8, 4) is 5.69 Å². The first-order valence-electron chi connectivity index (χ1n) is 12.3. The summed E-state index contributed by atoms with van der Waals surface area (Å²) in [6.45, 7) is 7.40. The van der Waals surface area contributed by atoms with Crippen molar-refractivity contribution in [2.45, 2.75) is 0 Å². The van der Waals surface area contributed by atoms with E-state index in [1.165, 1.54) is 10.8 Å². The molecule has 4 N–H and O–H groups in total. The summed E-state index contributed by atoms with van der Waals surface area (Å²) < 4.78 is 1.37. The highest BCUT2D eigenvalue weighted by Gasteiger charge is 2.19. The maximum absolute atomic E-state index is 12.7. The molecule has 5 rings (SSSR count). The number of hydrogen-bond acceptors (Lipinski definition) is 9. The van der Waals surface area contributed by atoms with Gasteiger partial charge in [-0.1, -0.05) is 12.6 Å². The molecule has 1 fully saturated rings. The van der Waals surface area contributed by atoms with Crippen molar-refractivity contribution in [1.29, 1.82) is 0 Å². The van der Waals surface area contributed by atoms with Crippen molar-refractivity contribution < 1.29 is 9.59 Å². The van der Waals surface area contributed by atoms with E-state index in [0.717, 1.165) is 43.6 Å². The van der Waals surface area contributed by atoms with Gasteiger partial charge in [0.25, 0.3) is 11.5 Å². The van der Waals surface area contributed by atoms with Gasteiger partial charge in [0, 0.05) is 49.4 Å². The van der Waals surface area contributed by atoms with Crippen LogP contribution in [0, 0.1) is 0 Å². The normalized spacial score (nSPS) is 13.7. The Morgan fingerprint density at radius 1 is 1.00 bits per heavy atom. The van der Waals surface area contributed by atoms with Crippen LogP contribution >= 0.6 is 0 Å². The lowest BCUT2D eigenvalue weighted by atomic mass is 10.2. The number of amides is 2. The van der Waals surface area contributed by atoms with E-state index in [2.05, 4.69) is 49.0 Å². The smallest absolute Gasteiger partial charge is 0.285 e. The van der Waals surface area contributed by atoms with Crippen LogP contribution in [0.2, 0.25) is 0 Å². The summed E-state index contributed by atoms with van der Waals surface area (Å²) in [6.07, 6.45) is 2.49. The molecule has 12 nitrogen and oxygen atoms in total. The van der Waals surface area contributed by atoms with Gasteiger partial charge in [0.15, 0.2) is 5.65 Å². The number of likely N-dealkylation sites (N-methyl/N-ethyl adjacent to an activating group) is 1. The minimum absolute atomic E-state index is 0.0940. The van der Waals surface area contributed by atoms with Crippen LogP contribution < -0.4 is 26.8 Å². The minimum atomic E-state index is -0.915.